The normalized spacial score (nSPS) is 13.7. The molecule has 1 aromatic heterocycles. The second kappa shape index (κ2) is 6.64. The van der Waals surface area contributed by atoms with Crippen LogP contribution in [0.4, 0.5) is 0 Å². The minimum atomic E-state index is -0.473. The first-order valence-electron chi connectivity index (χ1n) is 8.01. The number of rotatable bonds is 3. The van der Waals surface area contributed by atoms with Gasteiger partial charge in [-0.25, -0.2) is 4.68 Å². The van der Waals surface area contributed by atoms with Gasteiger partial charge in [0.05, 0.1) is 39.3 Å². The molecule has 2 amide bonds. The molecular weight excluding hydrogens is 387 g/mol. The van der Waals surface area contributed by atoms with Gasteiger partial charge in [0, 0.05) is 0 Å². The smallest absolute Gasteiger partial charge is 0.267 e. The Balaban J connectivity index is 1.70. The monoisotopic (exact) mass is 398 g/mol. The molecule has 2 aromatic carbocycles. The van der Waals surface area contributed by atoms with E-state index in [2.05, 4.69) is 10.2 Å². The van der Waals surface area contributed by atoms with Crippen LogP contribution in [0.2, 0.25) is 10.2 Å². The Morgan fingerprint density at radius 2 is 1.56 bits per heavy atom. The van der Waals surface area contributed by atoms with Gasteiger partial charge in [0.2, 0.25) is 0 Å². The van der Waals surface area contributed by atoms with Gasteiger partial charge in [-0.2, -0.15) is 15.2 Å². The SMILES string of the molecule is Cc1nn(-c2ccccc2Cl)c(Cl)c1/C=N\N1C(=O)c2ccccc2C1=O. The van der Waals surface area contributed by atoms with Crippen molar-refractivity contribution in [1.29, 1.82) is 0 Å². The van der Waals surface area contributed by atoms with E-state index in [-0.39, 0.29) is 5.15 Å². The number of aryl methyl sites for hydroxylation is 1. The Kier molecular flexibility index (Phi) is 4.30. The van der Waals surface area contributed by atoms with Crippen LogP contribution in [0.1, 0.15) is 32.0 Å². The third-order valence-electron chi connectivity index (χ3n) is 4.20. The zero-order valence-electron chi connectivity index (χ0n) is 14.1. The molecule has 4 rings (SSSR count). The predicted molar refractivity (Wildman–Crippen MR) is 103 cm³/mol. The van der Waals surface area contributed by atoms with Crippen LogP contribution >= 0.6 is 23.2 Å². The molecule has 134 valence electrons. The summed E-state index contributed by atoms with van der Waals surface area (Å²) >= 11 is 12.7. The average molecular weight is 399 g/mol. The van der Waals surface area contributed by atoms with Gasteiger partial charge in [-0.15, -0.1) is 0 Å². The standard InChI is InChI=1S/C19H12Cl2N4O2/c1-11-14(17(21)24(23-11)16-9-5-4-8-15(16)20)10-22-25-18(26)12-6-2-3-7-13(12)19(25)27/h2-10H,1H3/b22-10-. The number of benzene rings is 2. The fourth-order valence-corrected chi connectivity index (χ4v) is 3.37. The van der Waals surface area contributed by atoms with Crippen LogP contribution in [0, 0.1) is 6.92 Å². The number of hydrazone groups is 1. The second-order valence-corrected chi connectivity index (χ2v) is 6.63. The lowest BCUT2D eigenvalue weighted by Crippen LogP contribution is -2.24. The molecule has 3 aromatic rings. The maximum Gasteiger partial charge on any atom is 0.282 e. The molecule has 1 aliphatic heterocycles. The number of hydrogen-bond donors (Lipinski definition) is 0. The summed E-state index contributed by atoms with van der Waals surface area (Å²) in [7, 11) is 0. The van der Waals surface area contributed by atoms with E-state index >= 15 is 0 Å². The summed E-state index contributed by atoms with van der Waals surface area (Å²) in [6, 6.07) is 13.7. The first-order valence-corrected chi connectivity index (χ1v) is 8.76. The van der Waals surface area contributed by atoms with E-state index in [0.717, 1.165) is 5.01 Å². The summed E-state index contributed by atoms with van der Waals surface area (Å²) in [5.41, 5.74) is 2.35. The molecule has 8 heteroatoms. The topological polar surface area (TPSA) is 67.6 Å². The first kappa shape index (κ1) is 17.5. The number of carbonyl (C=O) groups excluding carboxylic acids is 2. The molecule has 6 nitrogen and oxygen atoms in total. The van der Waals surface area contributed by atoms with Crippen molar-refractivity contribution in [1.82, 2.24) is 14.8 Å². The van der Waals surface area contributed by atoms with E-state index in [1.54, 1.807) is 49.4 Å². The lowest BCUT2D eigenvalue weighted by molar-refractivity contribution is 0.0660. The van der Waals surface area contributed by atoms with Crippen molar-refractivity contribution in [2.45, 2.75) is 6.92 Å². The molecular formula is C19H12Cl2N4O2. The molecule has 0 unspecified atom stereocenters. The highest BCUT2D eigenvalue weighted by molar-refractivity contribution is 6.34. The Labute approximate surface area is 164 Å². The zero-order valence-corrected chi connectivity index (χ0v) is 15.6. The lowest BCUT2D eigenvalue weighted by Gasteiger charge is -2.06. The fraction of sp³-hybridized carbons (Fsp3) is 0.0526. The highest BCUT2D eigenvalue weighted by Gasteiger charge is 2.35. The van der Waals surface area contributed by atoms with Crippen molar-refractivity contribution in [2.24, 2.45) is 5.10 Å². The molecule has 0 saturated carbocycles. The minimum absolute atomic E-state index is 0.279. The number of fused-ring (bicyclic) bond motifs is 1. The van der Waals surface area contributed by atoms with E-state index in [4.69, 9.17) is 23.2 Å². The Morgan fingerprint density at radius 3 is 2.19 bits per heavy atom. The molecule has 0 spiro atoms. The number of carbonyl (C=O) groups is 2. The molecule has 27 heavy (non-hydrogen) atoms. The van der Waals surface area contributed by atoms with Crippen molar-refractivity contribution >= 4 is 41.2 Å². The molecule has 0 atom stereocenters. The zero-order chi connectivity index (χ0) is 19.1. The quantitative estimate of drug-likeness (QED) is 0.492. The van der Waals surface area contributed by atoms with Crippen molar-refractivity contribution in [3.8, 4) is 5.69 Å². The lowest BCUT2D eigenvalue weighted by atomic mass is 10.1. The number of aromatic nitrogens is 2. The van der Waals surface area contributed by atoms with E-state index < -0.39 is 11.8 Å². The summed E-state index contributed by atoms with van der Waals surface area (Å²) < 4.78 is 1.49. The van der Waals surface area contributed by atoms with E-state index in [1.807, 2.05) is 6.07 Å². The third-order valence-corrected chi connectivity index (χ3v) is 4.89. The number of amides is 2. The van der Waals surface area contributed by atoms with Gasteiger partial charge in [-0.3, -0.25) is 9.59 Å². The maximum absolute atomic E-state index is 12.4. The van der Waals surface area contributed by atoms with Gasteiger partial charge in [0.25, 0.3) is 11.8 Å². The van der Waals surface area contributed by atoms with Gasteiger partial charge >= 0.3 is 0 Å². The number of para-hydroxylation sites is 1. The molecule has 2 heterocycles. The van der Waals surface area contributed by atoms with E-state index in [9.17, 15) is 9.59 Å². The van der Waals surface area contributed by atoms with Crippen LogP contribution < -0.4 is 0 Å². The maximum atomic E-state index is 12.4. The van der Waals surface area contributed by atoms with Gasteiger partial charge in [0.1, 0.15) is 5.15 Å². The largest absolute Gasteiger partial charge is 0.282 e. The Morgan fingerprint density at radius 1 is 0.963 bits per heavy atom. The van der Waals surface area contributed by atoms with Crippen molar-refractivity contribution in [3.63, 3.8) is 0 Å². The highest BCUT2D eigenvalue weighted by atomic mass is 35.5. The van der Waals surface area contributed by atoms with Crippen molar-refractivity contribution < 1.29 is 9.59 Å². The second-order valence-electron chi connectivity index (χ2n) is 5.87. The van der Waals surface area contributed by atoms with Crippen molar-refractivity contribution in [2.75, 3.05) is 0 Å². The average Bonchev–Trinajstić information content (AvgIpc) is 3.08. The summed E-state index contributed by atoms with van der Waals surface area (Å²) in [6.45, 7) is 1.75. The molecule has 0 radical (unpaired) electrons. The number of imide groups is 1. The Hall–Kier alpha value is -2.96. The summed E-state index contributed by atoms with van der Waals surface area (Å²) in [4.78, 5) is 24.8. The number of halogens is 2. The van der Waals surface area contributed by atoms with Crippen LogP contribution in [0.15, 0.2) is 53.6 Å². The first-order chi connectivity index (χ1) is 13.0. The summed E-state index contributed by atoms with van der Waals surface area (Å²) in [6.07, 6.45) is 1.36. The predicted octanol–water partition coefficient (Wildman–Crippen LogP) is 4.12. The molecule has 0 bridgehead atoms. The van der Waals surface area contributed by atoms with Gasteiger partial charge in [-0.1, -0.05) is 47.5 Å². The van der Waals surface area contributed by atoms with Gasteiger partial charge in [-0.05, 0) is 31.2 Å². The van der Waals surface area contributed by atoms with Crippen molar-refractivity contribution in [3.05, 3.63) is 81.1 Å². The molecule has 0 saturated heterocycles. The van der Waals surface area contributed by atoms with Crippen LogP contribution in [0.5, 0.6) is 0 Å². The van der Waals surface area contributed by atoms with Crippen LogP contribution in [-0.2, 0) is 0 Å². The van der Waals surface area contributed by atoms with E-state index in [1.165, 1.54) is 10.9 Å². The van der Waals surface area contributed by atoms with Crippen LogP contribution in [-0.4, -0.2) is 32.8 Å². The van der Waals surface area contributed by atoms with Gasteiger partial charge in [0.15, 0.2) is 0 Å². The molecule has 0 N–H and O–H groups in total. The molecule has 1 aliphatic rings. The third kappa shape index (κ3) is 2.83. The van der Waals surface area contributed by atoms with Crippen LogP contribution in [0.3, 0.4) is 0 Å². The summed E-state index contributed by atoms with van der Waals surface area (Å²) in [5, 5.41) is 10.0. The van der Waals surface area contributed by atoms with E-state index in [0.29, 0.717) is 33.1 Å². The fourth-order valence-electron chi connectivity index (χ4n) is 2.84. The number of hydrogen-bond acceptors (Lipinski definition) is 4. The molecule has 0 aliphatic carbocycles. The highest BCUT2D eigenvalue weighted by Crippen LogP contribution is 2.27. The summed E-state index contributed by atoms with van der Waals surface area (Å²) in [5.74, 6) is -0.946. The molecule has 0 fully saturated rings. The van der Waals surface area contributed by atoms with Crippen LogP contribution in [0.25, 0.3) is 5.69 Å². The van der Waals surface area contributed by atoms with Gasteiger partial charge < -0.3 is 0 Å². The Bertz CT molecular complexity index is 1090. The minimum Gasteiger partial charge on any atom is -0.267 e. The number of nitrogens with zero attached hydrogens (tertiary/aromatic N) is 4.